The fraction of sp³-hybridized carbons (Fsp3) is 0.720. The molecule has 0 amide bonds. The number of nitrogens with zero attached hydrogens (tertiary/aromatic N) is 4. The lowest BCUT2D eigenvalue weighted by molar-refractivity contribution is -0.119. The maximum absolute atomic E-state index is 13.2. The highest BCUT2D eigenvalue weighted by Crippen LogP contribution is 2.37. The van der Waals surface area contributed by atoms with Crippen molar-refractivity contribution in [2.45, 2.75) is 70.6 Å². The van der Waals surface area contributed by atoms with E-state index in [1.165, 1.54) is 37.0 Å². The SMILES string of the molecule is Cc1ncc(CC(=O)CC2CCC(CCN3CCc4nc(N5CC(F)(F)C5)sc4CC3)CC2)s1. The number of aromatic nitrogens is 2. The van der Waals surface area contributed by atoms with Gasteiger partial charge in [-0.15, -0.1) is 22.7 Å². The van der Waals surface area contributed by atoms with E-state index in [1.54, 1.807) is 27.6 Å². The van der Waals surface area contributed by atoms with Crippen LogP contribution in [-0.2, 0) is 24.1 Å². The van der Waals surface area contributed by atoms with Crippen molar-refractivity contribution in [2.75, 3.05) is 37.6 Å². The van der Waals surface area contributed by atoms with E-state index in [0.29, 0.717) is 18.1 Å². The molecule has 0 atom stereocenters. The van der Waals surface area contributed by atoms with Crippen molar-refractivity contribution >= 4 is 33.6 Å². The summed E-state index contributed by atoms with van der Waals surface area (Å²) < 4.78 is 26.4. The van der Waals surface area contributed by atoms with Crippen LogP contribution in [0.15, 0.2) is 6.20 Å². The molecule has 0 spiro atoms. The third kappa shape index (κ3) is 6.02. The fourth-order valence-corrected chi connectivity index (χ4v) is 7.48. The minimum absolute atomic E-state index is 0.187. The maximum atomic E-state index is 13.2. The number of carbonyl (C=O) groups excluding carboxylic acids is 1. The highest BCUT2D eigenvalue weighted by Gasteiger charge is 2.45. The van der Waals surface area contributed by atoms with E-state index in [4.69, 9.17) is 4.98 Å². The van der Waals surface area contributed by atoms with Crippen LogP contribution < -0.4 is 4.90 Å². The number of ketones is 1. The van der Waals surface area contributed by atoms with Crippen LogP contribution in [0.1, 0.15) is 59.0 Å². The summed E-state index contributed by atoms with van der Waals surface area (Å²) in [4.78, 5) is 28.0. The second-order valence-electron chi connectivity index (χ2n) is 10.4. The topological polar surface area (TPSA) is 49.3 Å². The van der Waals surface area contributed by atoms with Crippen LogP contribution in [-0.4, -0.2) is 59.3 Å². The summed E-state index contributed by atoms with van der Waals surface area (Å²) in [6.07, 6.45) is 11.1. The van der Waals surface area contributed by atoms with E-state index in [9.17, 15) is 13.6 Å². The summed E-state index contributed by atoms with van der Waals surface area (Å²) in [7, 11) is 0. The third-order valence-electron chi connectivity index (χ3n) is 7.58. The molecule has 186 valence electrons. The Labute approximate surface area is 208 Å². The van der Waals surface area contributed by atoms with Crippen LogP contribution in [0.5, 0.6) is 0 Å². The molecule has 34 heavy (non-hydrogen) atoms. The van der Waals surface area contributed by atoms with E-state index < -0.39 is 5.92 Å². The molecule has 0 aromatic carbocycles. The number of alkyl halides is 2. The molecule has 0 bridgehead atoms. The first kappa shape index (κ1) is 24.3. The molecule has 5 nitrogen and oxygen atoms in total. The quantitative estimate of drug-likeness (QED) is 0.493. The van der Waals surface area contributed by atoms with E-state index in [-0.39, 0.29) is 13.1 Å². The van der Waals surface area contributed by atoms with Crippen molar-refractivity contribution in [2.24, 2.45) is 11.8 Å². The highest BCUT2D eigenvalue weighted by atomic mass is 32.1. The molecule has 3 aliphatic rings. The molecule has 0 unspecified atom stereocenters. The van der Waals surface area contributed by atoms with Crippen LogP contribution in [0, 0.1) is 18.8 Å². The van der Waals surface area contributed by atoms with Crippen molar-refractivity contribution in [3.8, 4) is 0 Å². The van der Waals surface area contributed by atoms with Crippen LogP contribution >= 0.6 is 22.7 Å². The van der Waals surface area contributed by atoms with Crippen LogP contribution in [0.25, 0.3) is 0 Å². The molecule has 4 heterocycles. The molecule has 1 saturated heterocycles. The number of anilines is 1. The lowest BCUT2D eigenvalue weighted by Crippen LogP contribution is -2.56. The summed E-state index contributed by atoms with van der Waals surface area (Å²) in [5.74, 6) is -0.858. The minimum atomic E-state index is -2.55. The molecule has 0 N–H and O–H groups in total. The lowest BCUT2D eigenvalue weighted by Gasteiger charge is -2.38. The van der Waals surface area contributed by atoms with E-state index >= 15 is 0 Å². The number of hydrogen-bond acceptors (Lipinski definition) is 7. The van der Waals surface area contributed by atoms with Gasteiger partial charge < -0.3 is 9.80 Å². The van der Waals surface area contributed by atoms with Gasteiger partial charge >= 0.3 is 0 Å². The van der Waals surface area contributed by atoms with Gasteiger partial charge in [-0.05, 0) is 51.0 Å². The maximum Gasteiger partial charge on any atom is 0.282 e. The van der Waals surface area contributed by atoms with Gasteiger partial charge in [-0.3, -0.25) is 4.79 Å². The molecule has 2 aromatic rings. The van der Waals surface area contributed by atoms with Gasteiger partial charge in [-0.1, -0.05) is 12.8 Å². The predicted molar refractivity (Wildman–Crippen MR) is 133 cm³/mol. The van der Waals surface area contributed by atoms with Gasteiger partial charge in [0.15, 0.2) is 5.13 Å². The van der Waals surface area contributed by atoms with Gasteiger partial charge in [0.05, 0.1) is 23.8 Å². The van der Waals surface area contributed by atoms with Gasteiger partial charge in [-0.2, -0.15) is 0 Å². The zero-order valence-electron chi connectivity index (χ0n) is 19.9. The van der Waals surface area contributed by atoms with Gasteiger partial charge in [-0.25, -0.2) is 18.7 Å². The van der Waals surface area contributed by atoms with Crippen molar-refractivity contribution in [3.63, 3.8) is 0 Å². The van der Waals surface area contributed by atoms with Gasteiger partial charge in [0.25, 0.3) is 5.92 Å². The van der Waals surface area contributed by atoms with Gasteiger partial charge in [0, 0.05) is 48.3 Å². The van der Waals surface area contributed by atoms with Gasteiger partial charge in [0.1, 0.15) is 5.78 Å². The first-order valence-corrected chi connectivity index (χ1v) is 14.2. The Kier molecular flexibility index (Phi) is 7.32. The number of carbonyl (C=O) groups is 1. The Morgan fingerprint density at radius 2 is 1.85 bits per heavy atom. The standard InChI is InChI=1S/C25H34F2N4OS2/c1-17-28-14-21(33-17)13-20(32)12-19-4-2-18(3-5-19)6-9-30-10-7-22-23(8-11-30)34-24(29-22)31-15-25(26,27)16-31/h14,18-19H,2-13,15-16H2,1H3. The Morgan fingerprint density at radius 3 is 2.56 bits per heavy atom. The molecule has 5 rings (SSSR count). The summed E-state index contributed by atoms with van der Waals surface area (Å²) in [6, 6.07) is 0. The third-order valence-corrected chi connectivity index (χ3v) is 9.71. The minimum Gasteiger partial charge on any atom is -0.336 e. The average molecular weight is 509 g/mol. The van der Waals surface area contributed by atoms with Crippen molar-refractivity contribution in [1.29, 1.82) is 0 Å². The molecule has 1 saturated carbocycles. The van der Waals surface area contributed by atoms with Crippen LogP contribution in [0.4, 0.5) is 13.9 Å². The molecular weight excluding hydrogens is 474 g/mol. The highest BCUT2D eigenvalue weighted by molar-refractivity contribution is 7.15. The number of halogens is 2. The number of Topliss-reactive ketones (excluding diaryl/α,β-unsaturated/α-hetero) is 1. The molecular formula is C25H34F2N4OS2. The molecule has 2 fully saturated rings. The van der Waals surface area contributed by atoms with E-state index in [2.05, 4.69) is 9.88 Å². The first-order chi connectivity index (χ1) is 16.3. The van der Waals surface area contributed by atoms with Crippen LogP contribution in [0.3, 0.4) is 0 Å². The Bertz CT molecular complexity index is 965. The van der Waals surface area contributed by atoms with E-state index in [1.807, 2.05) is 13.1 Å². The largest absolute Gasteiger partial charge is 0.336 e. The first-order valence-electron chi connectivity index (χ1n) is 12.6. The summed E-state index contributed by atoms with van der Waals surface area (Å²) in [6.45, 7) is 4.78. The number of thiazole rings is 2. The second-order valence-corrected chi connectivity index (χ2v) is 12.7. The van der Waals surface area contributed by atoms with Gasteiger partial charge in [0.2, 0.25) is 0 Å². The summed E-state index contributed by atoms with van der Waals surface area (Å²) in [5.41, 5.74) is 1.12. The average Bonchev–Trinajstić information content (AvgIpc) is 3.32. The molecule has 1 aliphatic carbocycles. The number of fused-ring (bicyclic) bond motifs is 1. The van der Waals surface area contributed by atoms with Crippen molar-refractivity contribution < 1.29 is 13.6 Å². The zero-order chi connectivity index (χ0) is 23.7. The fourth-order valence-electron chi connectivity index (χ4n) is 5.57. The second kappa shape index (κ2) is 10.3. The Morgan fingerprint density at radius 1 is 1.12 bits per heavy atom. The smallest absolute Gasteiger partial charge is 0.282 e. The molecule has 2 aromatic heterocycles. The normalized spacial score (nSPS) is 25.0. The molecule has 2 aliphatic heterocycles. The number of rotatable bonds is 8. The predicted octanol–water partition coefficient (Wildman–Crippen LogP) is 5.16. The Balaban J connectivity index is 1.00. The van der Waals surface area contributed by atoms with E-state index in [0.717, 1.165) is 65.5 Å². The monoisotopic (exact) mass is 508 g/mol. The van der Waals surface area contributed by atoms with Crippen molar-refractivity contribution in [3.05, 3.63) is 26.7 Å². The zero-order valence-corrected chi connectivity index (χ0v) is 21.5. The Hall–Kier alpha value is -1.45. The molecule has 9 heteroatoms. The summed E-state index contributed by atoms with van der Waals surface area (Å²) in [5, 5.41) is 1.81. The number of hydrogen-bond donors (Lipinski definition) is 0. The lowest BCUT2D eigenvalue weighted by atomic mass is 9.78. The summed E-state index contributed by atoms with van der Waals surface area (Å²) >= 11 is 3.25. The molecule has 0 radical (unpaired) electrons. The number of aryl methyl sites for hydroxylation is 1. The van der Waals surface area contributed by atoms with Crippen LogP contribution in [0.2, 0.25) is 0 Å². The van der Waals surface area contributed by atoms with Crippen molar-refractivity contribution in [1.82, 2.24) is 14.9 Å².